The Morgan fingerprint density at radius 1 is 1.00 bits per heavy atom. The van der Waals surface area contributed by atoms with Crippen LogP contribution in [0.2, 0.25) is 0 Å². The second-order valence-corrected chi connectivity index (χ2v) is 7.12. The minimum atomic E-state index is -3.59. The van der Waals surface area contributed by atoms with Crippen LogP contribution >= 0.6 is 0 Å². The van der Waals surface area contributed by atoms with E-state index in [4.69, 9.17) is 0 Å². The molecule has 1 aliphatic rings. The number of nitrogens with zero attached hydrogens (tertiary/aromatic N) is 1. The zero-order valence-electron chi connectivity index (χ0n) is 13.1. The lowest BCUT2D eigenvalue weighted by atomic mass is 10.2. The first-order chi connectivity index (χ1) is 11.5. The molecule has 1 N–H and O–H groups in total. The van der Waals surface area contributed by atoms with Crippen LogP contribution in [-0.4, -0.2) is 20.9 Å². The van der Waals surface area contributed by atoms with Gasteiger partial charge in [-0.3, -0.25) is 9.52 Å². The van der Waals surface area contributed by atoms with Crippen LogP contribution in [0.25, 0.3) is 6.08 Å². The fourth-order valence-electron chi connectivity index (χ4n) is 2.56. The summed E-state index contributed by atoms with van der Waals surface area (Å²) in [6, 6.07) is 16.0. The third-order valence-electron chi connectivity index (χ3n) is 3.75. The molecule has 2 aromatic rings. The average molecular weight is 342 g/mol. The molecule has 0 saturated carbocycles. The second-order valence-electron chi connectivity index (χ2n) is 5.56. The lowest BCUT2D eigenvalue weighted by Gasteiger charge is -2.16. The first kappa shape index (κ1) is 16.3. The van der Waals surface area contributed by atoms with Crippen molar-refractivity contribution in [2.24, 2.45) is 0 Å². The Morgan fingerprint density at radius 3 is 2.33 bits per heavy atom. The van der Waals surface area contributed by atoms with Crippen LogP contribution in [0.5, 0.6) is 0 Å². The van der Waals surface area contributed by atoms with Crippen molar-refractivity contribution in [3.05, 3.63) is 65.6 Å². The van der Waals surface area contributed by atoms with Gasteiger partial charge in [-0.2, -0.15) is 0 Å². The maximum absolute atomic E-state index is 12.1. The number of sulfonamides is 1. The highest BCUT2D eigenvalue weighted by molar-refractivity contribution is 7.95. The van der Waals surface area contributed by atoms with Gasteiger partial charge in [0.25, 0.3) is 10.0 Å². The third kappa shape index (κ3) is 4.02. The molecule has 5 nitrogen and oxygen atoms in total. The summed E-state index contributed by atoms with van der Waals surface area (Å²) < 4.78 is 26.7. The van der Waals surface area contributed by atoms with Crippen molar-refractivity contribution in [3.63, 3.8) is 0 Å². The largest absolute Gasteiger partial charge is 0.312 e. The summed E-state index contributed by atoms with van der Waals surface area (Å²) in [5.74, 6) is 0.106. The summed E-state index contributed by atoms with van der Waals surface area (Å²) in [5, 5.41) is 1.14. The first-order valence-corrected chi connectivity index (χ1v) is 9.24. The van der Waals surface area contributed by atoms with Crippen molar-refractivity contribution in [1.82, 2.24) is 0 Å². The highest BCUT2D eigenvalue weighted by Gasteiger charge is 2.21. The molecule has 0 atom stereocenters. The second kappa shape index (κ2) is 6.88. The third-order valence-corrected chi connectivity index (χ3v) is 4.77. The van der Waals surface area contributed by atoms with E-state index in [1.807, 2.05) is 30.3 Å². The summed E-state index contributed by atoms with van der Waals surface area (Å²) in [6.07, 6.45) is 2.97. The monoisotopic (exact) mass is 342 g/mol. The molecule has 0 spiro atoms. The van der Waals surface area contributed by atoms with E-state index in [1.165, 1.54) is 0 Å². The summed E-state index contributed by atoms with van der Waals surface area (Å²) in [6.45, 7) is 0.712. The average Bonchev–Trinajstić information content (AvgIpc) is 3.01. The molecule has 2 aromatic carbocycles. The number of anilines is 2. The van der Waals surface area contributed by atoms with Gasteiger partial charge in [-0.15, -0.1) is 0 Å². The van der Waals surface area contributed by atoms with Crippen LogP contribution in [0, 0.1) is 0 Å². The van der Waals surface area contributed by atoms with Gasteiger partial charge >= 0.3 is 0 Å². The van der Waals surface area contributed by atoms with Crippen LogP contribution in [0.15, 0.2) is 60.0 Å². The van der Waals surface area contributed by atoms with Crippen molar-refractivity contribution in [3.8, 4) is 0 Å². The van der Waals surface area contributed by atoms with E-state index in [0.717, 1.165) is 23.1 Å². The fourth-order valence-corrected chi connectivity index (χ4v) is 3.43. The zero-order chi connectivity index (χ0) is 17.0. The predicted octanol–water partition coefficient (Wildman–Crippen LogP) is 3.23. The molecule has 1 aliphatic heterocycles. The minimum Gasteiger partial charge on any atom is -0.312 e. The number of nitrogens with one attached hydrogen (secondary N) is 1. The van der Waals surface area contributed by atoms with E-state index >= 15 is 0 Å². The Balaban J connectivity index is 1.69. The fraction of sp³-hybridized carbons (Fsp3) is 0.167. The Bertz CT molecular complexity index is 844. The van der Waals surface area contributed by atoms with Crippen molar-refractivity contribution in [2.45, 2.75) is 12.8 Å². The van der Waals surface area contributed by atoms with Crippen molar-refractivity contribution in [1.29, 1.82) is 0 Å². The number of rotatable bonds is 5. The van der Waals surface area contributed by atoms with Gasteiger partial charge in [0.2, 0.25) is 5.91 Å². The van der Waals surface area contributed by atoms with Gasteiger partial charge in [-0.1, -0.05) is 30.3 Å². The number of hydrogen-bond donors (Lipinski definition) is 1. The molecule has 1 fully saturated rings. The number of carbonyl (C=O) groups excluding carboxylic acids is 1. The molecule has 0 bridgehead atoms. The molecule has 0 aromatic heterocycles. The van der Waals surface area contributed by atoms with Gasteiger partial charge in [-0.05, 0) is 42.3 Å². The molecule has 0 unspecified atom stereocenters. The highest BCUT2D eigenvalue weighted by Crippen LogP contribution is 2.23. The minimum absolute atomic E-state index is 0.106. The van der Waals surface area contributed by atoms with Gasteiger partial charge in [0, 0.05) is 24.3 Å². The lowest BCUT2D eigenvalue weighted by Crippen LogP contribution is -2.23. The summed E-state index contributed by atoms with van der Waals surface area (Å²) in [7, 11) is -3.59. The van der Waals surface area contributed by atoms with Gasteiger partial charge in [0.1, 0.15) is 0 Å². The van der Waals surface area contributed by atoms with Gasteiger partial charge in [0.15, 0.2) is 0 Å². The summed E-state index contributed by atoms with van der Waals surface area (Å²) in [4.78, 5) is 13.4. The number of benzene rings is 2. The Labute approximate surface area is 141 Å². The van der Waals surface area contributed by atoms with Gasteiger partial charge in [0.05, 0.1) is 5.41 Å². The summed E-state index contributed by atoms with van der Waals surface area (Å²) in [5.41, 5.74) is 2.06. The van der Waals surface area contributed by atoms with E-state index in [0.29, 0.717) is 18.7 Å². The van der Waals surface area contributed by atoms with Crippen LogP contribution in [0.3, 0.4) is 0 Å². The molecule has 1 heterocycles. The molecule has 3 rings (SSSR count). The van der Waals surface area contributed by atoms with E-state index in [1.54, 1.807) is 35.2 Å². The normalized spacial score (nSPS) is 15.2. The number of hydrogen-bond acceptors (Lipinski definition) is 3. The smallest absolute Gasteiger partial charge is 0.255 e. The topological polar surface area (TPSA) is 66.5 Å². The quantitative estimate of drug-likeness (QED) is 0.907. The van der Waals surface area contributed by atoms with Crippen molar-refractivity contribution >= 4 is 33.4 Å². The number of amides is 1. The van der Waals surface area contributed by atoms with E-state index < -0.39 is 10.0 Å². The predicted molar refractivity (Wildman–Crippen MR) is 96.0 cm³/mol. The Hall–Kier alpha value is -2.60. The zero-order valence-corrected chi connectivity index (χ0v) is 13.9. The molecular formula is C18H18N2O3S. The van der Waals surface area contributed by atoms with Crippen molar-refractivity contribution in [2.75, 3.05) is 16.2 Å². The summed E-state index contributed by atoms with van der Waals surface area (Å²) >= 11 is 0. The van der Waals surface area contributed by atoms with Crippen molar-refractivity contribution < 1.29 is 13.2 Å². The van der Waals surface area contributed by atoms with Crippen LogP contribution in [0.4, 0.5) is 11.4 Å². The lowest BCUT2D eigenvalue weighted by molar-refractivity contribution is -0.117. The SMILES string of the molecule is O=C1CCCN1c1ccc(NS(=O)(=O)/C=C/c2ccccc2)cc1. The Kier molecular flexibility index (Phi) is 4.66. The van der Waals surface area contributed by atoms with E-state index in [9.17, 15) is 13.2 Å². The standard InChI is InChI=1S/C18H18N2O3S/c21-18-7-4-13-20(18)17-10-8-16(9-11-17)19-24(22,23)14-12-15-5-2-1-3-6-15/h1-3,5-6,8-12,14,19H,4,7,13H2/b14-12+. The molecule has 124 valence electrons. The van der Waals surface area contributed by atoms with Gasteiger partial charge in [-0.25, -0.2) is 8.42 Å². The molecule has 0 radical (unpaired) electrons. The highest BCUT2D eigenvalue weighted by atomic mass is 32.2. The number of carbonyl (C=O) groups is 1. The molecule has 24 heavy (non-hydrogen) atoms. The van der Waals surface area contributed by atoms with Gasteiger partial charge < -0.3 is 4.90 Å². The molecule has 0 aliphatic carbocycles. The van der Waals surface area contributed by atoms with Crippen LogP contribution < -0.4 is 9.62 Å². The van der Waals surface area contributed by atoms with Crippen LogP contribution in [-0.2, 0) is 14.8 Å². The van der Waals surface area contributed by atoms with Crippen LogP contribution in [0.1, 0.15) is 18.4 Å². The maximum atomic E-state index is 12.1. The molecule has 1 saturated heterocycles. The molecule has 1 amide bonds. The molecule has 6 heteroatoms. The van der Waals surface area contributed by atoms with E-state index in [2.05, 4.69) is 4.72 Å². The first-order valence-electron chi connectivity index (χ1n) is 7.70. The maximum Gasteiger partial charge on any atom is 0.255 e. The Morgan fingerprint density at radius 2 is 1.71 bits per heavy atom. The molecular weight excluding hydrogens is 324 g/mol. The van der Waals surface area contributed by atoms with E-state index in [-0.39, 0.29) is 5.91 Å².